The van der Waals surface area contributed by atoms with Crippen LogP contribution in [0, 0.1) is 0 Å². The van der Waals surface area contributed by atoms with E-state index in [1.165, 1.54) is 5.56 Å². The van der Waals surface area contributed by atoms with Crippen molar-refractivity contribution in [2.45, 2.75) is 19.4 Å². The average Bonchev–Trinajstić information content (AvgIpc) is 3.21. The molecule has 1 atom stereocenters. The summed E-state index contributed by atoms with van der Waals surface area (Å²) in [5.74, 6) is 0.395. The van der Waals surface area contributed by atoms with Crippen molar-refractivity contribution in [1.29, 1.82) is 0 Å². The van der Waals surface area contributed by atoms with Gasteiger partial charge in [-0.2, -0.15) is 0 Å². The van der Waals surface area contributed by atoms with E-state index in [1.807, 2.05) is 61.5 Å². The SMILES string of the molecule is CC(NC(=O)Cc1ccc(-c2ccccc2)cc1)c1ccc(-c2cnc(N)[nH]2)cc1. The lowest BCUT2D eigenvalue weighted by molar-refractivity contribution is -0.121. The van der Waals surface area contributed by atoms with E-state index in [0.29, 0.717) is 12.4 Å². The summed E-state index contributed by atoms with van der Waals surface area (Å²) >= 11 is 0. The summed E-state index contributed by atoms with van der Waals surface area (Å²) in [5.41, 5.74) is 11.9. The fraction of sp³-hybridized carbons (Fsp3) is 0.120. The van der Waals surface area contributed by atoms with Crippen LogP contribution in [0.5, 0.6) is 0 Å². The van der Waals surface area contributed by atoms with Gasteiger partial charge in [0.05, 0.1) is 24.4 Å². The van der Waals surface area contributed by atoms with Crippen LogP contribution in [0.2, 0.25) is 0 Å². The third-order valence-electron chi connectivity index (χ3n) is 5.12. The first-order chi connectivity index (χ1) is 14.6. The quantitative estimate of drug-likeness (QED) is 0.440. The predicted octanol–water partition coefficient (Wildman–Crippen LogP) is 4.75. The van der Waals surface area contributed by atoms with Crippen LogP contribution in [-0.2, 0) is 11.2 Å². The molecule has 0 aliphatic rings. The normalized spacial score (nSPS) is 11.8. The molecule has 4 aromatic rings. The Bertz CT molecular complexity index is 1120. The molecule has 0 bridgehead atoms. The van der Waals surface area contributed by atoms with Crippen LogP contribution in [0.25, 0.3) is 22.4 Å². The molecular weight excluding hydrogens is 372 g/mol. The second kappa shape index (κ2) is 8.66. The number of hydrogen-bond donors (Lipinski definition) is 3. The summed E-state index contributed by atoms with van der Waals surface area (Å²) in [6.07, 6.45) is 2.06. The van der Waals surface area contributed by atoms with Gasteiger partial charge in [-0.3, -0.25) is 4.79 Å². The fourth-order valence-corrected chi connectivity index (χ4v) is 3.44. The van der Waals surface area contributed by atoms with Crippen LogP contribution in [0.3, 0.4) is 0 Å². The fourth-order valence-electron chi connectivity index (χ4n) is 3.44. The van der Waals surface area contributed by atoms with E-state index in [0.717, 1.165) is 27.9 Å². The van der Waals surface area contributed by atoms with Gasteiger partial charge in [-0.25, -0.2) is 4.98 Å². The molecule has 0 spiro atoms. The van der Waals surface area contributed by atoms with Gasteiger partial charge < -0.3 is 16.0 Å². The third kappa shape index (κ3) is 4.58. The van der Waals surface area contributed by atoms with Crippen molar-refractivity contribution in [1.82, 2.24) is 15.3 Å². The molecule has 0 aliphatic carbocycles. The summed E-state index contributed by atoms with van der Waals surface area (Å²) in [4.78, 5) is 19.5. The Morgan fingerprint density at radius 1 is 0.933 bits per heavy atom. The molecule has 4 N–H and O–H groups in total. The Balaban J connectivity index is 1.35. The van der Waals surface area contributed by atoms with Crippen molar-refractivity contribution < 1.29 is 4.79 Å². The third-order valence-corrected chi connectivity index (χ3v) is 5.12. The maximum atomic E-state index is 12.5. The van der Waals surface area contributed by atoms with Crippen molar-refractivity contribution >= 4 is 11.9 Å². The highest BCUT2D eigenvalue weighted by molar-refractivity contribution is 5.79. The smallest absolute Gasteiger partial charge is 0.224 e. The van der Waals surface area contributed by atoms with Crippen LogP contribution in [0.1, 0.15) is 24.1 Å². The lowest BCUT2D eigenvalue weighted by Crippen LogP contribution is -2.28. The van der Waals surface area contributed by atoms with Crippen molar-refractivity contribution in [2.75, 3.05) is 5.73 Å². The lowest BCUT2D eigenvalue weighted by atomic mass is 10.0. The topological polar surface area (TPSA) is 83.8 Å². The molecule has 5 nitrogen and oxygen atoms in total. The molecule has 4 rings (SSSR count). The number of carbonyl (C=O) groups excluding carboxylic acids is 1. The number of benzene rings is 3. The second-order valence-electron chi connectivity index (χ2n) is 7.33. The Morgan fingerprint density at radius 3 is 2.20 bits per heavy atom. The van der Waals surface area contributed by atoms with Gasteiger partial charge in [0, 0.05) is 0 Å². The molecule has 0 aliphatic heterocycles. The van der Waals surface area contributed by atoms with E-state index >= 15 is 0 Å². The minimum Gasteiger partial charge on any atom is -0.369 e. The van der Waals surface area contributed by atoms with E-state index in [1.54, 1.807) is 6.20 Å². The number of aromatic amines is 1. The molecule has 0 saturated heterocycles. The number of amides is 1. The molecule has 150 valence electrons. The van der Waals surface area contributed by atoms with Gasteiger partial charge in [0.15, 0.2) is 5.95 Å². The molecular formula is C25H24N4O. The van der Waals surface area contributed by atoms with E-state index in [4.69, 9.17) is 5.73 Å². The van der Waals surface area contributed by atoms with E-state index in [2.05, 4.69) is 39.6 Å². The van der Waals surface area contributed by atoms with Gasteiger partial charge in [0.1, 0.15) is 0 Å². The van der Waals surface area contributed by atoms with Gasteiger partial charge in [-0.1, -0.05) is 78.9 Å². The molecule has 1 heterocycles. The number of nitrogens with two attached hydrogens (primary N) is 1. The Morgan fingerprint density at radius 2 is 1.57 bits per heavy atom. The molecule has 30 heavy (non-hydrogen) atoms. The lowest BCUT2D eigenvalue weighted by Gasteiger charge is -2.15. The number of imidazole rings is 1. The Hall–Kier alpha value is -3.86. The van der Waals surface area contributed by atoms with Crippen LogP contribution >= 0.6 is 0 Å². The monoisotopic (exact) mass is 396 g/mol. The predicted molar refractivity (Wildman–Crippen MR) is 121 cm³/mol. The first-order valence-electron chi connectivity index (χ1n) is 9.93. The number of nitrogens with zero attached hydrogens (tertiary/aromatic N) is 1. The first-order valence-corrected chi connectivity index (χ1v) is 9.93. The van der Waals surface area contributed by atoms with Crippen molar-refractivity contribution in [2.24, 2.45) is 0 Å². The first kappa shape index (κ1) is 19.5. The van der Waals surface area contributed by atoms with E-state index in [9.17, 15) is 4.79 Å². The van der Waals surface area contributed by atoms with E-state index < -0.39 is 0 Å². The molecule has 0 saturated carbocycles. The maximum absolute atomic E-state index is 12.5. The van der Waals surface area contributed by atoms with Crippen molar-refractivity contribution in [3.05, 3.63) is 96.2 Å². The number of rotatable bonds is 6. The average molecular weight is 396 g/mol. The minimum atomic E-state index is -0.0815. The van der Waals surface area contributed by atoms with Gasteiger partial charge in [-0.15, -0.1) is 0 Å². The Kier molecular flexibility index (Phi) is 5.61. The molecule has 1 aromatic heterocycles. The van der Waals surface area contributed by atoms with Crippen LogP contribution < -0.4 is 11.1 Å². The number of nitrogen functional groups attached to an aromatic ring is 1. The zero-order chi connectivity index (χ0) is 20.9. The highest BCUT2D eigenvalue weighted by Crippen LogP contribution is 2.22. The zero-order valence-electron chi connectivity index (χ0n) is 16.8. The number of H-pyrrole nitrogens is 1. The van der Waals surface area contributed by atoms with Gasteiger partial charge in [0.2, 0.25) is 5.91 Å². The summed E-state index contributed by atoms with van der Waals surface area (Å²) in [6.45, 7) is 1.99. The van der Waals surface area contributed by atoms with Crippen LogP contribution in [0.15, 0.2) is 85.1 Å². The summed E-state index contributed by atoms with van der Waals surface area (Å²) < 4.78 is 0. The van der Waals surface area contributed by atoms with Crippen LogP contribution in [0.4, 0.5) is 5.95 Å². The molecule has 1 unspecified atom stereocenters. The van der Waals surface area contributed by atoms with Gasteiger partial charge in [0.25, 0.3) is 0 Å². The maximum Gasteiger partial charge on any atom is 0.224 e. The van der Waals surface area contributed by atoms with Gasteiger partial charge in [-0.05, 0) is 34.7 Å². The summed E-state index contributed by atoms with van der Waals surface area (Å²) in [5, 5.41) is 3.08. The van der Waals surface area contributed by atoms with Crippen molar-refractivity contribution in [3.63, 3.8) is 0 Å². The number of nitrogens with one attached hydrogen (secondary N) is 2. The number of anilines is 1. The number of carbonyl (C=O) groups is 1. The number of hydrogen-bond acceptors (Lipinski definition) is 3. The van der Waals surface area contributed by atoms with E-state index in [-0.39, 0.29) is 11.9 Å². The summed E-state index contributed by atoms with van der Waals surface area (Å²) in [6, 6.07) is 26.3. The summed E-state index contributed by atoms with van der Waals surface area (Å²) in [7, 11) is 0. The highest BCUT2D eigenvalue weighted by Gasteiger charge is 2.11. The molecule has 5 heteroatoms. The standard InChI is InChI=1S/C25H24N4O/c1-17(19-11-13-22(14-12-19)23-16-27-25(26)29-23)28-24(30)15-18-7-9-21(10-8-18)20-5-3-2-4-6-20/h2-14,16-17H,15H2,1H3,(H,28,30)(H3,26,27,29). The minimum absolute atomic E-state index is 0.000351. The molecule has 0 radical (unpaired) electrons. The zero-order valence-corrected chi connectivity index (χ0v) is 16.8. The largest absolute Gasteiger partial charge is 0.369 e. The van der Waals surface area contributed by atoms with Crippen molar-refractivity contribution in [3.8, 4) is 22.4 Å². The van der Waals surface area contributed by atoms with Crippen LogP contribution in [-0.4, -0.2) is 15.9 Å². The highest BCUT2D eigenvalue weighted by atomic mass is 16.1. The molecule has 1 amide bonds. The second-order valence-corrected chi connectivity index (χ2v) is 7.33. The van der Waals surface area contributed by atoms with Gasteiger partial charge >= 0.3 is 0 Å². The molecule has 0 fully saturated rings. The molecule has 3 aromatic carbocycles. The Labute approximate surface area is 176 Å². The number of aromatic nitrogens is 2.